The maximum absolute atomic E-state index is 14.6. The molecule has 0 aromatic heterocycles. The van der Waals surface area contributed by atoms with Crippen molar-refractivity contribution in [2.75, 3.05) is 45.8 Å². The zero-order valence-electron chi connectivity index (χ0n) is 53.3. The van der Waals surface area contributed by atoms with Crippen LogP contribution in [-0.2, 0) is 47.9 Å². The number of unbranched alkanes of at least 4 members (excludes halogenated alkanes) is 1. The summed E-state index contributed by atoms with van der Waals surface area (Å²) in [6.07, 6.45) is -0.142. The highest BCUT2D eigenvalue weighted by atomic mass is 16.4. The maximum Gasteiger partial charge on any atom is 0.326 e. The molecule has 0 unspecified atom stereocenters. The molecule has 9 atom stereocenters. The summed E-state index contributed by atoms with van der Waals surface area (Å²) in [6, 6.07) is -12.8. The fourth-order valence-electron chi connectivity index (χ4n) is 8.71. The molecule has 0 aromatic carbocycles. The van der Waals surface area contributed by atoms with Crippen molar-refractivity contribution < 1.29 is 53.1 Å². The Morgan fingerprint density at radius 3 is 0.817 bits per heavy atom. The Balaban J connectivity index is 7.44. The topological polar surface area (TPSA) is 752 Å². The standard InChI is InChI=1S/C53H105N29O11/c1-28(2)27-37(82-39(84)29(55)11-5-21-69-48(57)58)46(91)79-30(12-3-4-20-54)40(85)75-31(13-6-22-70-49(59)60)41(86)76-33(15-8-24-72-51(63)64)43(88)80-35(18-19-38(56)83)45(90)78-32(14-7-23-71-50(61)62)42(87)77-34(16-9-25-73-52(65)66)44(89)81-36(47(92)93)17-10-26-74-53(67)68/h28-37H,3-27,54-55H2,1-2H3,(H2,56,83)(H,75,85)(H,76,86)(H,77,87)(H,78,90)(H,79,91)(H,80,88)(H,81,89)(H,82,84)(H,92,93)(H4,57,58,69)(H4,59,60,70)(H4,61,62,71)(H4,63,64,72)(H4,65,66,73)(H4,67,68,74)/t29-,30+,31+,32+,33-,34+,35+,36-,37+/m1/s1. The van der Waals surface area contributed by atoms with E-state index in [0.29, 0.717) is 19.3 Å². The van der Waals surface area contributed by atoms with Crippen LogP contribution in [0.2, 0.25) is 0 Å². The molecule has 0 saturated heterocycles. The first-order chi connectivity index (χ1) is 43.8. The number of primary amides is 1. The molecule has 0 rings (SSSR count). The van der Waals surface area contributed by atoms with Crippen molar-refractivity contribution in [2.24, 2.45) is 122 Å². The van der Waals surface area contributed by atoms with Gasteiger partial charge in [-0.2, -0.15) is 0 Å². The van der Waals surface area contributed by atoms with Crippen LogP contribution in [0.4, 0.5) is 0 Å². The van der Waals surface area contributed by atoms with Crippen LogP contribution in [0, 0.1) is 5.92 Å². The van der Waals surface area contributed by atoms with Crippen molar-refractivity contribution in [3.63, 3.8) is 0 Å². The van der Waals surface area contributed by atoms with Crippen LogP contribution in [0.1, 0.15) is 129 Å². The van der Waals surface area contributed by atoms with Gasteiger partial charge in [-0.15, -0.1) is 0 Å². The summed E-state index contributed by atoms with van der Waals surface area (Å²) < 4.78 is 0. The lowest BCUT2D eigenvalue weighted by Crippen LogP contribution is -2.60. The largest absolute Gasteiger partial charge is 0.480 e. The highest BCUT2D eigenvalue weighted by molar-refractivity contribution is 5.98. The summed E-state index contributed by atoms with van der Waals surface area (Å²) in [4.78, 5) is 162. The quantitative estimate of drug-likeness (QED) is 0.0153. The second-order valence-corrected chi connectivity index (χ2v) is 22.0. The number of carboxylic acids is 1. The normalized spacial score (nSPS) is 13.7. The number of guanidine groups is 6. The molecular weight excluding hydrogens is 1220 g/mol. The zero-order chi connectivity index (χ0) is 70.6. The molecule has 40 nitrogen and oxygen atoms in total. The summed E-state index contributed by atoms with van der Waals surface area (Å²) in [7, 11) is 0. The molecule has 40 heteroatoms. The second kappa shape index (κ2) is 47.2. The Kier molecular flexibility index (Phi) is 42.2. The Morgan fingerprint density at radius 2 is 0.559 bits per heavy atom. The van der Waals surface area contributed by atoms with Crippen LogP contribution < -0.4 is 129 Å². The van der Waals surface area contributed by atoms with Gasteiger partial charge in [-0.05, 0) is 122 Å². The van der Waals surface area contributed by atoms with Gasteiger partial charge in [0.15, 0.2) is 35.8 Å². The third-order valence-electron chi connectivity index (χ3n) is 13.4. The zero-order valence-corrected chi connectivity index (χ0v) is 53.3. The number of carbonyl (C=O) groups excluding carboxylic acids is 9. The fraction of sp³-hybridized carbons (Fsp3) is 0.698. The van der Waals surface area contributed by atoms with Crippen LogP contribution in [0.3, 0.4) is 0 Å². The summed E-state index contributed by atoms with van der Waals surface area (Å²) >= 11 is 0. The van der Waals surface area contributed by atoms with Gasteiger partial charge in [0, 0.05) is 45.7 Å². The molecule has 9 amide bonds. The average molecular weight is 1320 g/mol. The van der Waals surface area contributed by atoms with E-state index in [-0.39, 0.29) is 171 Å². The van der Waals surface area contributed by atoms with Crippen LogP contribution in [-0.4, -0.2) is 200 Å². The molecule has 93 heavy (non-hydrogen) atoms. The van der Waals surface area contributed by atoms with Gasteiger partial charge in [0.1, 0.15) is 48.3 Å². The predicted octanol–water partition coefficient (Wildman–Crippen LogP) is -9.96. The van der Waals surface area contributed by atoms with E-state index >= 15 is 0 Å². The molecule has 0 spiro atoms. The number of carboxylic acid groups (broad SMARTS) is 1. The number of amides is 9. The van der Waals surface area contributed by atoms with Gasteiger partial charge >= 0.3 is 5.97 Å². The molecule has 0 aliphatic carbocycles. The van der Waals surface area contributed by atoms with E-state index in [1.54, 1.807) is 0 Å². The number of hydrogen-bond donors (Lipinski definition) is 24. The van der Waals surface area contributed by atoms with Crippen molar-refractivity contribution in [1.82, 2.24) is 42.5 Å². The Bertz CT molecular complexity index is 2560. The first-order valence-electron chi connectivity index (χ1n) is 30.5. The molecule has 0 radical (unpaired) electrons. The van der Waals surface area contributed by atoms with Gasteiger partial charge in [0.25, 0.3) is 0 Å². The molecule has 0 saturated carbocycles. The number of aliphatic imine (C=N–C) groups is 6. The first kappa shape index (κ1) is 83.2. The summed E-state index contributed by atoms with van der Waals surface area (Å²) in [6.45, 7) is 3.92. The lowest BCUT2D eigenvalue weighted by atomic mass is 10.0. The first-order valence-corrected chi connectivity index (χ1v) is 30.5. The molecule has 0 fully saturated rings. The van der Waals surface area contributed by atoms with Gasteiger partial charge in [-0.25, -0.2) is 4.79 Å². The summed E-state index contributed by atoms with van der Waals surface area (Å²) in [5, 5.41) is 30.7. The number of rotatable bonds is 50. The minimum atomic E-state index is -1.69. The van der Waals surface area contributed by atoms with E-state index in [9.17, 15) is 53.1 Å². The van der Waals surface area contributed by atoms with Crippen molar-refractivity contribution in [2.45, 2.75) is 184 Å². The second-order valence-electron chi connectivity index (χ2n) is 22.0. The number of carbonyl (C=O) groups is 10. The smallest absolute Gasteiger partial charge is 0.326 e. The van der Waals surface area contributed by atoms with Crippen molar-refractivity contribution >= 4 is 94.9 Å². The molecule has 0 heterocycles. The SMILES string of the molecule is CC(C)C[C@H](NC(=O)[C@H](N)CCCN=C(N)N)C(=O)N[C@@H](CCCCN)C(=O)N[C@@H](CCCN=C(N)N)C(=O)N[C@H](CCCN=C(N)N)C(=O)N[C@@H](CCC(N)=O)C(=O)N[C@@H](CCCN=C(N)N)C(=O)N[C@@H](CCCN=C(N)N)C(=O)N[C@H](CCCN=C(N)N)C(=O)O. The lowest BCUT2D eigenvalue weighted by molar-refractivity contribution is -0.142. The molecule has 0 bridgehead atoms. The van der Waals surface area contributed by atoms with Gasteiger partial charge in [0.2, 0.25) is 53.2 Å². The van der Waals surface area contributed by atoms with Crippen LogP contribution >= 0.6 is 0 Å². The number of hydrogen-bond acceptors (Lipinski definition) is 18. The maximum atomic E-state index is 14.6. The van der Waals surface area contributed by atoms with E-state index in [1.807, 2.05) is 13.8 Å². The third-order valence-corrected chi connectivity index (χ3v) is 13.4. The lowest BCUT2D eigenvalue weighted by Gasteiger charge is -2.28. The predicted molar refractivity (Wildman–Crippen MR) is 351 cm³/mol. The number of aliphatic carboxylic acids is 1. The Hall–Kier alpha value is -9.76. The van der Waals surface area contributed by atoms with E-state index in [1.165, 1.54) is 0 Å². The van der Waals surface area contributed by atoms with E-state index < -0.39 is 126 Å². The van der Waals surface area contributed by atoms with Crippen LogP contribution in [0.25, 0.3) is 0 Å². The van der Waals surface area contributed by atoms with Gasteiger partial charge < -0.3 is 134 Å². The Labute approximate surface area is 540 Å². The molecular formula is C53H105N29O11. The van der Waals surface area contributed by atoms with E-state index in [2.05, 4.69) is 72.5 Å². The molecule has 0 aliphatic heterocycles. The number of nitrogens with zero attached hydrogens (tertiary/aromatic N) is 6. The van der Waals surface area contributed by atoms with Gasteiger partial charge in [0.05, 0.1) is 6.04 Å². The fourth-order valence-corrected chi connectivity index (χ4v) is 8.71. The van der Waals surface area contributed by atoms with Crippen molar-refractivity contribution in [3.8, 4) is 0 Å². The van der Waals surface area contributed by atoms with Crippen molar-refractivity contribution in [3.05, 3.63) is 0 Å². The molecule has 0 aromatic rings. The van der Waals surface area contributed by atoms with Gasteiger partial charge in [-0.3, -0.25) is 73.1 Å². The minimum absolute atomic E-state index is 0.0145. The highest BCUT2D eigenvalue weighted by Crippen LogP contribution is 2.13. The third kappa shape index (κ3) is 40.6. The Morgan fingerprint density at radius 1 is 0.323 bits per heavy atom. The number of nitrogens with two attached hydrogens (primary N) is 15. The molecule has 528 valence electrons. The molecule has 39 N–H and O–H groups in total. The summed E-state index contributed by atoms with van der Waals surface area (Å²) in [5.74, 6) is -11.2. The van der Waals surface area contributed by atoms with Crippen LogP contribution in [0.5, 0.6) is 0 Å². The van der Waals surface area contributed by atoms with Crippen LogP contribution in [0.15, 0.2) is 30.0 Å². The monoisotopic (exact) mass is 1320 g/mol. The molecule has 0 aliphatic rings. The van der Waals surface area contributed by atoms with Gasteiger partial charge in [-0.1, -0.05) is 13.8 Å². The highest BCUT2D eigenvalue weighted by Gasteiger charge is 2.35. The van der Waals surface area contributed by atoms with Crippen molar-refractivity contribution in [1.29, 1.82) is 0 Å². The average Bonchev–Trinajstić information content (AvgIpc) is 1.12. The van der Waals surface area contributed by atoms with E-state index in [0.717, 1.165) is 0 Å². The van der Waals surface area contributed by atoms with E-state index in [4.69, 9.17) is 86.0 Å². The number of nitrogens with one attached hydrogen (secondary N) is 8. The summed E-state index contributed by atoms with van der Waals surface area (Å²) in [5.41, 5.74) is 83.3. The minimum Gasteiger partial charge on any atom is -0.480 e.